The van der Waals surface area contributed by atoms with Crippen molar-refractivity contribution in [1.29, 1.82) is 0 Å². The first kappa shape index (κ1) is 14.7. The van der Waals surface area contributed by atoms with Gasteiger partial charge in [0.1, 0.15) is 6.61 Å². The maximum absolute atomic E-state index is 12.4. The minimum atomic E-state index is -4.45. The zero-order valence-electron chi connectivity index (χ0n) is 9.79. The van der Waals surface area contributed by atoms with Gasteiger partial charge in [0.25, 0.3) is 0 Å². The number of carbonyl (C=O) groups is 1. The summed E-state index contributed by atoms with van der Waals surface area (Å²) in [4.78, 5) is 11.6. The number of methoxy groups -OCH3 is 1. The van der Waals surface area contributed by atoms with Crippen LogP contribution in [0.3, 0.4) is 0 Å². The maximum atomic E-state index is 12.4. The van der Waals surface area contributed by atoms with Crippen molar-refractivity contribution in [2.24, 2.45) is 0 Å². The second-order valence-electron chi connectivity index (χ2n) is 3.55. The molecule has 0 saturated carbocycles. The number of hydrogen-bond donors (Lipinski definition) is 0. The van der Waals surface area contributed by atoms with Crippen LogP contribution in [0.15, 0.2) is 24.3 Å². The molecule has 0 unspecified atom stereocenters. The monoisotopic (exact) mass is 262 g/mol. The van der Waals surface area contributed by atoms with Gasteiger partial charge in [-0.15, -0.1) is 0 Å². The van der Waals surface area contributed by atoms with Crippen molar-refractivity contribution < 1.29 is 27.4 Å². The number of halogens is 3. The first-order chi connectivity index (χ1) is 8.45. The van der Waals surface area contributed by atoms with Crippen LogP contribution in [0.4, 0.5) is 13.2 Å². The lowest BCUT2D eigenvalue weighted by atomic mass is 10.1. The van der Waals surface area contributed by atoms with Gasteiger partial charge in [-0.05, 0) is 12.1 Å². The van der Waals surface area contributed by atoms with Gasteiger partial charge in [-0.2, -0.15) is 13.2 Å². The standard InChI is InChI=1S/C12H13F3O3/c1-17-5-6-18-8-11(16)9-3-2-4-10(7-9)12(13,14)15/h2-4,7H,5-6,8H2,1H3. The molecule has 3 nitrogen and oxygen atoms in total. The van der Waals surface area contributed by atoms with Gasteiger partial charge in [0.2, 0.25) is 0 Å². The van der Waals surface area contributed by atoms with Crippen molar-refractivity contribution in [2.75, 3.05) is 26.9 Å². The fourth-order valence-corrected chi connectivity index (χ4v) is 1.26. The van der Waals surface area contributed by atoms with Gasteiger partial charge in [-0.1, -0.05) is 12.1 Å². The summed E-state index contributed by atoms with van der Waals surface area (Å²) in [6, 6.07) is 4.27. The SMILES string of the molecule is COCCOCC(=O)c1cccc(C(F)(F)F)c1. The largest absolute Gasteiger partial charge is 0.416 e. The molecule has 1 rings (SSSR count). The summed E-state index contributed by atoms with van der Waals surface area (Å²) < 4.78 is 46.9. The first-order valence-electron chi connectivity index (χ1n) is 5.22. The molecule has 1 aromatic carbocycles. The fourth-order valence-electron chi connectivity index (χ4n) is 1.26. The van der Waals surface area contributed by atoms with Crippen LogP contribution < -0.4 is 0 Å². The van der Waals surface area contributed by atoms with Crippen molar-refractivity contribution >= 4 is 5.78 Å². The third-order valence-corrected chi connectivity index (χ3v) is 2.18. The van der Waals surface area contributed by atoms with Crippen LogP contribution in [0, 0.1) is 0 Å². The number of carbonyl (C=O) groups excluding carboxylic acids is 1. The normalized spacial score (nSPS) is 11.6. The molecule has 100 valence electrons. The van der Waals surface area contributed by atoms with Crippen molar-refractivity contribution in [3.05, 3.63) is 35.4 Å². The van der Waals surface area contributed by atoms with E-state index >= 15 is 0 Å². The Labute approximate surface area is 103 Å². The van der Waals surface area contributed by atoms with E-state index in [0.29, 0.717) is 6.61 Å². The quantitative estimate of drug-likeness (QED) is 0.584. The van der Waals surface area contributed by atoms with Crippen LogP contribution >= 0.6 is 0 Å². The number of hydrogen-bond acceptors (Lipinski definition) is 3. The molecule has 0 spiro atoms. The molecule has 0 bridgehead atoms. The molecule has 0 atom stereocenters. The smallest absolute Gasteiger partial charge is 0.382 e. The summed E-state index contributed by atoms with van der Waals surface area (Å²) >= 11 is 0. The first-order valence-corrected chi connectivity index (χ1v) is 5.22. The van der Waals surface area contributed by atoms with Crippen LogP contribution in [-0.2, 0) is 15.7 Å². The lowest BCUT2D eigenvalue weighted by Crippen LogP contribution is -2.13. The van der Waals surface area contributed by atoms with E-state index < -0.39 is 17.5 Å². The topological polar surface area (TPSA) is 35.5 Å². The van der Waals surface area contributed by atoms with Gasteiger partial charge in [0, 0.05) is 12.7 Å². The summed E-state index contributed by atoms with van der Waals surface area (Å²) in [6.07, 6.45) is -4.45. The maximum Gasteiger partial charge on any atom is 0.416 e. The third-order valence-electron chi connectivity index (χ3n) is 2.18. The highest BCUT2D eigenvalue weighted by atomic mass is 19.4. The van der Waals surface area contributed by atoms with Crippen LogP contribution in [0.5, 0.6) is 0 Å². The molecular formula is C12H13F3O3. The van der Waals surface area contributed by atoms with Gasteiger partial charge in [0.15, 0.2) is 5.78 Å². The lowest BCUT2D eigenvalue weighted by Gasteiger charge is -2.08. The molecule has 0 aliphatic rings. The Morgan fingerprint density at radius 3 is 2.61 bits per heavy atom. The minimum absolute atomic E-state index is 0.0118. The number of ketones is 1. The Bertz CT molecular complexity index is 402. The molecule has 1 aromatic rings. The highest BCUT2D eigenvalue weighted by molar-refractivity contribution is 5.97. The molecule has 0 aliphatic carbocycles. The van der Waals surface area contributed by atoms with Gasteiger partial charge >= 0.3 is 6.18 Å². The van der Waals surface area contributed by atoms with E-state index in [-0.39, 0.29) is 18.8 Å². The van der Waals surface area contributed by atoms with Crippen LogP contribution in [0.2, 0.25) is 0 Å². The number of benzene rings is 1. The molecule has 0 saturated heterocycles. The molecule has 0 N–H and O–H groups in total. The number of alkyl halides is 3. The van der Waals surface area contributed by atoms with Gasteiger partial charge < -0.3 is 9.47 Å². The molecule has 0 amide bonds. The molecule has 0 aliphatic heterocycles. The Morgan fingerprint density at radius 2 is 2.00 bits per heavy atom. The second-order valence-corrected chi connectivity index (χ2v) is 3.55. The van der Waals surface area contributed by atoms with Crippen molar-refractivity contribution in [3.8, 4) is 0 Å². The Morgan fingerprint density at radius 1 is 1.28 bits per heavy atom. The number of Topliss-reactive ketones (excluding diaryl/α,β-unsaturated/α-hetero) is 1. The molecule has 6 heteroatoms. The molecule has 18 heavy (non-hydrogen) atoms. The van der Waals surface area contributed by atoms with Gasteiger partial charge in [-0.25, -0.2) is 0 Å². The van der Waals surface area contributed by atoms with Crippen LogP contribution in [0.25, 0.3) is 0 Å². The van der Waals surface area contributed by atoms with E-state index in [1.807, 2.05) is 0 Å². The summed E-state index contributed by atoms with van der Waals surface area (Å²) in [5, 5.41) is 0. The zero-order valence-corrected chi connectivity index (χ0v) is 9.79. The van der Waals surface area contributed by atoms with Crippen LogP contribution in [-0.4, -0.2) is 32.7 Å². The summed E-state index contributed by atoms with van der Waals surface area (Å²) in [7, 11) is 1.48. The molecule has 0 heterocycles. The predicted molar refractivity (Wildman–Crippen MR) is 58.5 cm³/mol. The Balaban J connectivity index is 2.63. The molecule has 0 aromatic heterocycles. The van der Waals surface area contributed by atoms with Crippen molar-refractivity contribution in [1.82, 2.24) is 0 Å². The second kappa shape index (κ2) is 6.51. The van der Waals surface area contributed by atoms with Crippen molar-refractivity contribution in [3.63, 3.8) is 0 Å². The van der Waals surface area contributed by atoms with Crippen molar-refractivity contribution in [2.45, 2.75) is 6.18 Å². The summed E-state index contributed by atoms with van der Waals surface area (Å²) in [5.74, 6) is -0.489. The predicted octanol–water partition coefficient (Wildman–Crippen LogP) is 2.55. The molecule has 0 fully saturated rings. The average molecular weight is 262 g/mol. The summed E-state index contributed by atoms with van der Waals surface area (Å²) in [6.45, 7) is 0.293. The lowest BCUT2D eigenvalue weighted by molar-refractivity contribution is -0.137. The van der Waals surface area contributed by atoms with E-state index in [1.54, 1.807) is 0 Å². The third kappa shape index (κ3) is 4.46. The van der Waals surface area contributed by atoms with E-state index in [0.717, 1.165) is 12.1 Å². The van der Waals surface area contributed by atoms with Gasteiger partial charge in [0.05, 0.1) is 18.8 Å². The number of ether oxygens (including phenoxy) is 2. The van der Waals surface area contributed by atoms with E-state index in [4.69, 9.17) is 9.47 Å². The fraction of sp³-hybridized carbons (Fsp3) is 0.417. The average Bonchev–Trinajstić information content (AvgIpc) is 2.33. The Hall–Kier alpha value is -1.40. The highest BCUT2D eigenvalue weighted by Crippen LogP contribution is 2.29. The van der Waals surface area contributed by atoms with E-state index in [1.165, 1.54) is 19.2 Å². The number of rotatable bonds is 6. The highest BCUT2D eigenvalue weighted by Gasteiger charge is 2.30. The van der Waals surface area contributed by atoms with E-state index in [9.17, 15) is 18.0 Å². The zero-order chi connectivity index (χ0) is 13.6. The summed E-state index contributed by atoms with van der Waals surface area (Å²) in [5.41, 5.74) is -0.854. The minimum Gasteiger partial charge on any atom is -0.382 e. The van der Waals surface area contributed by atoms with Crippen LogP contribution in [0.1, 0.15) is 15.9 Å². The molecular weight excluding hydrogens is 249 g/mol. The molecule has 0 radical (unpaired) electrons. The Kier molecular flexibility index (Phi) is 5.30. The van der Waals surface area contributed by atoms with Gasteiger partial charge in [-0.3, -0.25) is 4.79 Å². The van der Waals surface area contributed by atoms with E-state index in [2.05, 4.69) is 0 Å².